The second-order valence-corrected chi connectivity index (χ2v) is 6.68. The molecule has 0 radical (unpaired) electrons. The first-order valence-electron chi connectivity index (χ1n) is 6.68. The second kappa shape index (κ2) is 5.50. The minimum absolute atomic E-state index is 0.321. The SMILES string of the molecule is CC(C)OCC1CC(C(C)(C)C)CCC1N. The van der Waals surface area contributed by atoms with Gasteiger partial charge < -0.3 is 10.5 Å². The van der Waals surface area contributed by atoms with E-state index in [1.54, 1.807) is 0 Å². The van der Waals surface area contributed by atoms with Crippen LogP contribution in [-0.4, -0.2) is 18.8 Å². The molecule has 0 aromatic heterocycles. The number of nitrogens with two attached hydrogens (primary N) is 1. The molecule has 2 N–H and O–H groups in total. The Balaban J connectivity index is 2.48. The molecule has 0 aromatic carbocycles. The smallest absolute Gasteiger partial charge is 0.0519 e. The molecule has 16 heavy (non-hydrogen) atoms. The third-order valence-corrected chi connectivity index (χ3v) is 3.91. The summed E-state index contributed by atoms with van der Waals surface area (Å²) >= 11 is 0. The van der Waals surface area contributed by atoms with E-state index < -0.39 is 0 Å². The fraction of sp³-hybridized carbons (Fsp3) is 1.00. The van der Waals surface area contributed by atoms with Crippen LogP contribution in [0.3, 0.4) is 0 Å². The Bertz CT molecular complexity index is 207. The van der Waals surface area contributed by atoms with Gasteiger partial charge in [0.2, 0.25) is 0 Å². The maximum absolute atomic E-state index is 6.19. The molecule has 1 rings (SSSR count). The summed E-state index contributed by atoms with van der Waals surface area (Å²) in [5, 5.41) is 0. The Morgan fingerprint density at radius 2 is 1.88 bits per heavy atom. The Morgan fingerprint density at radius 3 is 2.38 bits per heavy atom. The van der Waals surface area contributed by atoms with Crippen molar-refractivity contribution in [2.24, 2.45) is 23.0 Å². The maximum atomic E-state index is 6.19. The van der Waals surface area contributed by atoms with E-state index in [2.05, 4.69) is 34.6 Å². The first kappa shape index (κ1) is 14.0. The number of rotatable bonds is 3. The van der Waals surface area contributed by atoms with Crippen molar-refractivity contribution in [2.75, 3.05) is 6.61 Å². The lowest BCUT2D eigenvalue weighted by atomic mass is 9.68. The highest BCUT2D eigenvalue weighted by Crippen LogP contribution is 2.39. The zero-order chi connectivity index (χ0) is 12.3. The van der Waals surface area contributed by atoms with Crippen molar-refractivity contribution in [3.05, 3.63) is 0 Å². The summed E-state index contributed by atoms with van der Waals surface area (Å²) in [6, 6.07) is 0.345. The molecule has 0 aliphatic heterocycles. The van der Waals surface area contributed by atoms with Crippen LogP contribution in [0.25, 0.3) is 0 Å². The average molecular weight is 227 g/mol. The molecule has 2 heteroatoms. The quantitative estimate of drug-likeness (QED) is 0.803. The largest absolute Gasteiger partial charge is 0.378 e. The molecule has 0 amide bonds. The van der Waals surface area contributed by atoms with Gasteiger partial charge in [-0.05, 0) is 50.4 Å². The van der Waals surface area contributed by atoms with Crippen LogP contribution in [-0.2, 0) is 4.74 Å². The van der Waals surface area contributed by atoms with Crippen molar-refractivity contribution >= 4 is 0 Å². The third kappa shape index (κ3) is 4.06. The summed E-state index contributed by atoms with van der Waals surface area (Å²) in [4.78, 5) is 0. The monoisotopic (exact) mass is 227 g/mol. The average Bonchev–Trinajstić information content (AvgIpc) is 2.14. The third-order valence-electron chi connectivity index (χ3n) is 3.91. The second-order valence-electron chi connectivity index (χ2n) is 6.68. The molecule has 0 bridgehead atoms. The van der Waals surface area contributed by atoms with E-state index >= 15 is 0 Å². The van der Waals surface area contributed by atoms with Crippen molar-refractivity contribution in [1.82, 2.24) is 0 Å². The van der Waals surface area contributed by atoms with Crippen LogP contribution in [0.5, 0.6) is 0 Å². The van der Waals surface area contributed by atoms with Gasteiger partial charge in [-0.1, -0.05) is 20.8 Å². The van der Waals surface area contributed by atoms with Gasteiger partial charge in [-0.3, -0.25) is 0 Å². The van der Waals surface area contributed by atoms with E-state index in [9.17, 15) is 0 Å². The lowest BCUT2D eigenvalue weighted by molar-refractivity contribution is 0.0145. The summed E-state index contributed by atoms with van der Waals surface area (Å²) in [5.74, 6) is 1.36. The van der Waals surface area contributed by atoms with Crippen LogP contribution >= 0.6 is 0 Å². The van der Waals surface area contributed by atoms with Gasteiger partial charge in [-0.15, -0.1) is 0 Å². The van der Waals surface area contributed by atoms with E-state index in [-0.39, 0.29) is 0 Å². The van der Waals surface area contributed by atoms with Crippen LogP contribution in [0.15, 0.2) is 0 Å². The zero-order valence-electron chi connectivity index (χ0n) is 11.6. The normalized spacial score (nSPS) is 32.1. The van der Waals surface area contributed by atoms with Crippen molar-refractivity contribution in [3.63, 3.8) is 0 Å². The molecule has 1 saturated carbocycles. The van der Waals surface area contributed by atoms with Gasteiger partial charge in [-0.2, -0.15) is 0 Å². The summed E-state index contributed by atoms with van der Waals surface area (Å²) in [7, 11) is 0. The van der Waals surface area contributed by atoms with Crippen molar-refractivity contribution in [2.45, 2.75) is 66.0 Å². The summed E-state index contributed by atoms with van der Waals surface area (Å²) in [6.07, 6.45) is 4.00. The molecule has 0 aromatic rings. The molecule has 1 aliphatic rings. The van der Waals surface area contributed by atoms with Crippen molar-refractivity contribution < 1.29 is 4.74 Å². The topological polar surface area (TPSA) is 35.2 Å². The predicted molar refractivity (Wildman–Crippen MR) is 69.3 cm³/mol. The number of hydrogen-bond donors (Lipinski definition) is 1. The molecule has 0 spiro atoms. The van der Waals surface area contributed by atoms with Gasteiger partial charge in [-0.25, -0.2) is 0 Å². The van der Waals surface area contributed by atoms with Crippen molar-refractivity contribution in [3.8, 4) is 0 Å². The predicted octanol–water partition coefficient (Wildman–Crippen LogP) is 3.20. The Kier molecular flexibility index (Phi) is 4.81. The van der Waals surface area contributed by atoms with E-state index in [4.69, 9.17) is 10.5 Å². The fourth-order valence-electron chi connectivity index (χ4n) is 2.58. The minimum Gasteiger partial charge on any atom is -0.378 e. The van der Waals surface area contributed by atoms with Crippen LogP contribution < -0.4 is 5.73 Å². The molecular formula is C14H29NO. The van der Waals surface area contributed by atoms with Gasteiger partial charge >= 0.3 is 0 Å². The van der Waals surface area contributed by atoms with Crippen LogP contribution in [0.2, 0.25) is 0 Å². The molecule has 0 saturated heterocycles. The van der Waals surface area contributed by atoms with Crippen LogP contribution in [0, 0.1) is 17.3 Å². The van der Waals surface area contributed by atoms with Crippen LogP contribution in [0.1, 0.15) is 53.9 Å². The molecule has 3 atom stereocenters. The molecule has 0 heterocycles. The van der Waals surface area contributed by atoms with E-state index in [1.807, 2.05) is 0 Å². The van der Waals surface area contributed by atoms with E-state index in [0.717, 1.165) is 18.9 Å². The van der Waals surface area contributed by atoms with Crippen molar-refractivity contribution in [1.29, 1.82) is 0 Å². The Labute approximate surface area is 101 Å². The highest BCUT2D eigenvalue weighted by atomic mass is 16.5. The summed E-state index contributed by atoms with van der Waals surface area (Å²) in [6.45, 7) is 12.1. The molecular weight excluding hydrogens is 198 g/mol. The van der Waals surface area contributed by atoms with E-state index in [1.165, 1.54) is 12.8 Å². The minimum atomic E-state index is 0.321. The van der Waals surface area contributed by atoms with E-state index in [0.29, 0.717) is 23.5 Å². The van der Waals surface area contributed by atoms with Gasteiger partial charge in [0, 0.05) is 6.04 Å². The van der Waals surface area contributed by atoms with Gasteiger partial charge in [0.25, 0.3) is 0 Å². The van der Waals surface area contributed by atoms with Crippen LogP contribution in [0.4, 0.5) is 0 Å². The standard InChI is InChI=1S/C14H29NO/c1-10(2)16-9-11-8-12(14(3,4)5)6-7-13(11)15/h10-13H,6-9,15H2,1-5H3. The molecule has 3 unspecified atom stereocenters. The highest BCUT2D eigenvalue weighted by molar-refractivity contribution is 4.87. The molecule has 1 fully saturated rings. The lowest BCUT2D eigenvalue weighted by Crippen LogP contribution is -2.41. The molecule has 96 valence electrons. The molecule has 2 nitrogen and oxygen atoms in total. The maximum Gasteiger partial charge on any atom is 0.0519 e. The Morgan fingerprint density at radius 1 is 1.25 bits per heavy atom. The fourth-order valence-corrected chi connectivity index (χ4v) is 2.58. The first-order valence-corrected chi connectivity index (χ1v) is 6.68. The zero-order valence-corrected chi connectivity index (χ0v) is 11.6. The Hall–Kier alpha value is -0.0800. The van der Waals surface area contributed by atoms with Gasteiger partial charge in [0.1, 0.15) is 0 Å². The lowest BCUT2D eigenvalue weighted by Gasteiger charge is -2.40. The van der Waals surface area contributed by atoms with Gasteiger partial charge in [0.15, 0.2) is 0 Å². The van der Waals surface area contributed by atoms with Gasteiger partial charge in [0.05, 0.1) is 12.7 Å². The number of hydrogen-bond acceptors (Lipinski definition) is 2. The molecule has 1 aliphatic carbocycles. The summed E-state index contributed by atoms with van der Waals surface area (Å²) in [5.41, 5.74) is 6.60. The summed E-state index contributed by atoms with van der Waals surface area (Å²) < 4.78 is 5.73. The highest BCUT2D eigenvalue weighted by Gasteiger charge is 2.34. The number of ether oxygens (including phenoxy) is 1. The first-order chi connectivity index (χ1) is 7.30.